The van der Waals surface area contributed by atoms with Gasteiger partial charge in [-0.25, -0.2) is 0 Å². The lowest BCUT2D eigenvalue weighted by Crippen LogP contribution is -2.34. The molecule has 1 atom stereocenters. The van der Waals surface area contributed by atoms with Gasteiger partial charge in [-0.3, -0.25) is 0 Å². The largest absolute Gasteiger partial charge is 0.315 e. The second-order valence-electron chi connectivity index (χ2n) is 3.90. The van der Waals surface area contributed by atoms with Crippen molar-refractivity contribution in [1.29, 1.82) is 0 Å². The van der Waals surface area contributed by atoms with E-state index in [0.717, 1.165) is 6.04 Å². The van der Waals surface area contributed by atoms with Crippen LogP contribution in [0.1, 0.15) is 12.8 Å². The molecule has 1 aliphatic carbocycles. The molecule has 2 heteroatoms. The van der Waals surface area contributed by atoms with Gasteiger partial charge in [0.25, 0.3) is 0 Å². The lowest BCUT2D eigenvalue weighted by Gasteiger charge is -2.14. The number of nitrogens with one attached hydrogen (secondary N) is 1. The highest BCUT2D eigenvalue weighted by atomic mass is 15.2. The molecule has 1 aliphatic heterocycles. The predicted octanol–water partition coefficient (Wildman–Crippen LogP) is 0.300. The summed E-state index contributed by atoms with van der Waals surface area (Å²) in [6.45, 7) is 2.56. The van der Waals surface area contributed by atoms with E-state index in [0.29, 0.717) is 5.41 Å². The number of likely N-dealkylation sites (N-methyl/N-ethyl adjacent to an activating group) is 2. The summed E-state index contributed by atoms with van der Waals surface area (Å²) < 4.78 is 0. The molecule has 2 nitrogen and oxygen atoms in total. The summed E-state index contributed by atoms with van der Waals surface area (Å²) in [5.41, 5.74) is 0.698. The third-order valence-corrected chi connectivity index (χ3v) is 3.06. The maximum atomic E-state index is 3.41. The van der Waals surface area contributed by atoms with Gasteiger partial charge in [0.1, 0.15) is 0 Å². The van der Waals surface area contributed by atoms with Crippen molar-refractivity contribution in [2.75, 3.05) is 27.2 Å². The van der Waals surface area contributed by atoms with Crippen LogP contribution in [0.5, 0.6) is 0 Å². The third-order valence-electron chi connectivity index (χ3n) is 3.06. The first-order chi connectivity index (χ1) is 4.77. The molecule has 1 spiro atoms. The molecular weight excluding hydrogens is 124 g/mol. The fourth-order valence-electron chi connectivity index (χ4n) is 2.28. The van der Waals surface area contributed by atoms with Gasteiger partial charge in [0, 0.05) is 19.1 Å². The third kappa shape index (κ3) is 0.789. The van der Waals surface area contributed by atoms with Gasteiger partial charge in [-0.15, -0.1) is 0 Å². The topological polar surface area (TPSA) is 15.3 Å². The highest BCUT2D eigenvalue weighted by molar-refractivity contribution is 5.08. The minimum atomic E-state index is 0.698. The van der Waals surface area contributed by atoms with Crippen LogP contribution < -0.4 is 5.32 Å². The van der Waals surface area contributed by atoms with Crippen molar-refractivity contribution in [3.63, 3.8) is 0 Å². The van der Waals surface area contributed by atoms with Crippen molar-refractivity contribution in [2.24, 2.45) is 5.41 Å². The second-order valence-corrected chi connectivity index (χ2v) is 3.90. The Morgan fingerprint density at radius 2 is 2.20 bits per heavy atom. The molecular formula is C8H16N2. The van der Waals surface area contributed by atoms with E-state index in [4.69, 9.17) is 0 Å². The molecule has 0 bridgehead atoms. The first-order valence-corrected chi connectivity index (χ1v) is 4.13. The molecule has 0 radical (unpaired) electrons. The zero-order valence-corrected chi connectivity index (χ0v) is 6.85. The summed E-state index contributed by atoms with van der Waals surface area (Å²) in [5.74, 6) is 0. The van der Waals surface area contributed by atoms with Crippen molar-refractivity contribution < 1.29 is 0 Å². The van der Waals surface area contributed by atoms with Crippen molar-refractivity contribution >= 4 is 0 Å². The summed E-state index contributed by atoms with van der Waals surface area (Å²) in [6.07, 6.45) is 2.89. The number of rotatable bonds is 1. The van der Waals surface area contributed by atoms with E-state index in [2.05, 4.69) is 24.3 Å². The van der Waals surface area contributed by atoms with E-state index in [-0.39, 0.29) is 0 Å². The van der Waals surface area contributed by atoms with Gasteiger partial charge in [-0.2, -0.15) is 0 Å². The Balaban J connectivity index is 2.06. The molecule has 2 rings (SSSR count). The number of hydrogen-bond acceptors (Lipinski definition) is 2. The Bertz CT molecular complexity index is 140. The Kier molecular flexibility index (Phi) is 1.29. The van der Waals surface area contributed by atoms with Crippen LogP contribution in [0, 0.1) is 5.41 Å². The molecule has 10 heavy (non-hydrogen) atoms. The molecule has 2 fully saturated rings. The number of likely N-dealkylation sites (tertiary alicyclic amines) is 1. The molecule has 58 valence electrons. The minimum absolute atomic E-state index is 0.698. The summed E-state index contributed by atoms with van der Waals surface area (Å²) in [4.78, 5) is 2.44. The predicted molar refractivity (Wildman–Crippen MR) is 42.0 cm³/mol. The van der Waals surface area contributed by atoms with Gasteiger partial charge in [-0.1, -0.05) is 0 Å². The van der Waals surface area contributed by atoms with Crippen LogP contribution in [0.15, 0.2) is 0 Å². The molecule has 1 N–H and O–H groups in total. The maximum Gasteiger partial charge on any atom is 0.0260 e. The Morgan fingerprint density at radius 3 is 2.60 bits per heavy atom. The molecule has 0 unspecified atom stereocenters. The van der Waals surface area contributed by atoms with Crippen LogP contribution in [0.2, 0.25) is 0 Å². The van der Waals surface area contributed by atoms with Gasteiger partial charge in [0.05, 0.1) is 0 Å². The standard InChI is InChI=1S/C8H16N2/c1-9-7-5-10(2)6-8(7)3-4-8/h7,9H,3-6H2,1-2H3/t7-/m0/s1. The Hall–Kier alpha value is -0.0800. The van der Waals surface area contributed by atoms with Crippen LogP contribution in [-0.4, -0.2) is 38.1 Å². The molecule has 0 amide bonds. The lowest BCUT2D eigenvalue weighted by atomic mass is 10.0. The fraction of sp³-hybridized carbons (Fsp3) is 1.00. The van der Waals surface area contributed by atoms with E-state index in [1.807, 2.05) is 0 Å². The van der Waals surface area contributed by atoms with Crippen LogP contribution in [0.4, 0.5) is 0 Å². The van der Waals surface area contributed by atoms with Gasteiger partial charge < -0.3 is 10.2 Å². The smallest absolute Gasteiger partial charge is 0.0260 e. The quantitative estimate of drug-likeness (QED) is 0.563. The molecule has 1 heterocycles. The van der Waals surface area contributed by atoms with Gasteiger partial charge in [0.2, 0.25) is 0 Å². The van der Waals surface area contributed by atoms with E-state index in [1.54, 1.807) is 0 Å². The first-order valence-electron chi connectivity index (χ1n) is 4.13. The summed E-state index contributed by atoms with van der Waals surface area (Å²) in [5, 5.41) is 3.41. The first kappa shape index (κ1) is 6.62. The molecule has 0 aromatic heterocycles. The minimum Gasteiger partial charge on any atom is -0.315 e. The van der Waals surface area contributed by atoms with Gasteiger partial charge in [0.15, 0.2) is 0 Å². The maximum absolute atomic E-state index is 3.41. The monoisotopic (exact) mass is 140 g/mol. The van der Waals surface area contributed by atoms with Gasteiger partial charge >= 0.3 is 0 Å². The summed E-state index contributed by atoms with van der Waals surface area (Å²) in [6, 6.07) is 0.775. The average Bonchev–Trinajstić information content (AvgIpc) is 2.55. The zero-order valence-electron chi connectivity index (χ0n) is 6.85. The second kappa shape index (κ2) is 1.95. The Morgan fingerprint density at radius 1 is 1.50 bits per heavy atom. The van der Waals surface area contributed by atoms with Crippen LogP contribution >= 0.6 is 0 Å². The Labute approximate surface area is 62.6 Å². The number of nitrogens with zero attached hydrogens (tertiary/aromatic N) is 1. The van der Waals surface area contributed by atoms with Crippen molar-refractivity contribution in [3.8, 4) is 0 Å². The van der Waals surface area contributed by atoms with Crippen molar-refractivity contribution in [3.05, 3.63) is 0 Å². The van der Waals surface area contributed by atoms with Gasteiger partial charge in [-0.05, 0) is 32.4 Å². The summed E-state index contributed by atoms with van der Waals surface area (Å²) in [7, 11) is 4.31. The van der Waals surface area contributed by atoms with E-state index in [1.165, 1.54) is 25.9 Å². The van der Waals surface area contributed by atoms with Crippen LogP contribution in [0.3, 0.4) is 0 Å². The fourth-order valence-corrected chi connectivity index (χ4v) is 2.28. The normalized spacial score (nSPS) is 37.2. The highest BCUT2D eigenvalue weighted by Gasteiger charge is 2.53. The van der Waals surface area contributed by atoms with Crippen LogP contribution in [-0.2, 0) is 0 Å². The van der Waals surface area contributed by atoms with E-state index >= 15 is 0 Å². The molecule has 0 aromatic carbocycles. The lowest BCUT2D eigenvalue weighted by molar-refractivity contribution is 0.389. The SMILES string of the molecule is CN[C@H]1CN(C)CC12CC2. The molecule has 2 aliphatic rings. The van der Waals surface area contributed by atoms with E-state index < -0.39 is 0 Å². The average molecular weight is 140 g/mol. The summed E-state index contributed by atoms with van der Waals surface area (Å²) >= 11 is 0. The zero-order chi connectivity index (χ0) is 7.19. The van der Waals surface area contributed by atoms with Crippen LogP contribution in [0.25, 0.3) is 0 Å². The van der Waals surface area contributed by atoms with Crippen molar-refractivity contribution in [2.45, 2.75) is 18.9 Å². The number of hydrogen-bond donors (Lipinski definition) is 1. The molecule has 1 saturated heterocycles. The van der Waals surface area contributed by atoms with Crippen molar-refractivity contribution in [1.82, 2.24) is 10.2 Å². The van der Waals surface area contributed by atoms with E-state index in [9.17, 15) is 0 Å². The molecule has 1 saturated carbocycles. The highest BCUT2D eigenvalue weighted by Crippen LogP contribution is 2.52. The molecule has 0 aromatic rings.